The van der Waals surface area contributed by atoms with E-state index in [0.29, 0.717) is 19.5 Å². The van der Waals surface area contributed by atoms with Gasteiger partial charge in [-0.2, -0.15) is 5.26 Å². The molecule has 0 bridgehead atoms. The van der Waals surface area contributed by atoms with Crippen LogP contribution in [0.1, 0.15) is 20.3 Å². The summed E-state index contributed by atoms with van der Waals surface area (Å²) in [6.45, 7) is 6.00. The monoisotopic (exact) mass is 198 g/mol. The van der Waals surface area contributed by atoms with Crippen molar-refractivity contribution in [2.45, 2.75) is 20.3 Å². The van der Waals surface area contributed by atoms with E-state index in [1.54, 1.807) is 0 Å². The third-order valence-electron chi connectivity index (χ3n) is 2.11. The fourth-order valence-electron chi connectivity index (χ4n) is 1.20. The maximum absolute atomic E-state index is 11.1. The lowest BCUT2D eigenvalue weighted by Crippen LogP contribution is -2.40. The Balaban J connectivity index is 3.92. The summed E-state index contributed by atoms with van der Waals surface area (Å²) in [4.78, 5) is 13.2. The fraction of sp³-hybridized carbons (Fsp3) is 0.778. The lowest BCUT2D eigenvalue weighted by molar-refractivity contribution is -0.125. The molecule has 0 rings (SSSR count). The third-order valence-corrected chi connectivity index (χ3v) is 2.11. The molecule has 0 aliphatic carbocycles. The van der Waals surface area contributed by atoms with Crippen LogP contribution < -0.4 is 11.3 Å². The lowest BCUT2D eigenvalue weighted by atomic mass is 10.1. The standard InChI is InChI=1S/C9H18N4O/c1-3-13(6-4-5-10)7-8(2)9(14)12-11/h8H,3-4,6-7,11H2,1-2H3,(H,12,14). The van der Waals surface area contributed by atoms with E-state index in [1.807, 2.05) is 13.8 Å². The van der Waals surface area contributed by atoms with Crippen molar-refractivity contribution in [1.29, 1.82) is 5.26 Å². The molecule has 0 fully saturated rings. The number of amides is 1. The van der Waals surface area contributed by atoms with Crippen molar-refractivity contribution in [3.8, 4) is 6.07 Å². The average Bonchev–Trinajstić information content (AvgIpc) is 2.22. The Morgan fingerprint density at radius 2 is 2.36 bits per heavy atom. The summed E-state index contributed by atoms with van der Waals surface area (Å²) in [6.07, 6.45) is 0.491. The Kier molecular flexibility index (Phi) is 6.72. The minimum Gasteiger partial charge on any atom is -0.302 e. The van der Waals surface area contributed by atoms with E-state index in [9.17, 15) is 4.79 Å². The van der Waals surface area contributed by atoms with Gasteiger partial charge in [0.2, 0.25) is 5.91 Å². The van der Waals surface area contributed by atoms with E-state index in [1.165, 1.54) is 0 Å². The molecule has 0 saturated heterocycles. The highest BCUT2D eigenvalue weighted by molar-refractivity contribution is 5.77. The van der Waals surface area contributed by atoms with E-state index in [-0.39, 0.29) is 11.8 Å². The maximum Gasteiger partial charge on any atom is 0.237 e. The number of nitrogens with one attached hydrogen (secondary N) is 1. The van der Waals surface area contributed by atoms with Gasteiger partial charge in [0.05, 0.1) is 6.07 Å². The molecule has 0 heterocycles. The van der Waals surface area contributed by atoms with Gasteiger partial charge in [-0.15, -0.1) is 0 Å². The first kappa shape index (κ1) is 12.9. The molecule has 0 aromatic carbocycles. The summed E-state index contributed by atoms with van der Waals surface area (Å²) in [5, 5.41) is 8.42. The van der Waals surface area contributed by atoms with Crippen molar-refractivity contribution in [2.75, 3.05) is 19.6 Å². The van der Waals surface area contributed by atoms with Gasteiger partial charge in [0, 0.05) is 25.4 Å². The predicted octanol–water partition coefficient (Wildman–Crippen LogP) is -0.152. The molecule has 1 unspecified atom stereocenters. The minimum atomic E-state index is -0.166. The van der Waals surface area contributed by atoms with Gasteiger partial charge in [-0.3, -0.25) is 10.2 Å². The Hall–Kier alpha value is -1.12. The first-order chi connectivity index (χ1) is 6.65. The topological polar surface area (TPSA) is 82.2 Å². The number of carbonyl (C=O) groups is 1. The van der Waals surface area contributed by atoms with E-state index < -0.39 is 0 Å². The molecule has 3 N–H and O–H groups in total. The molecule has 14 heavy (non-hydrogen) atoms. The van der Waals surface area contributed by atoms with Crippen molar-refractivity contribution >= 4 is 5.91 Å². The van der Waals surface area contributed by atoms with Crippen LogP contribution in [0.2, 0.25) is 0 Å². The van der Waals surface area contributed by atoms with E-state index in [2.05, 4.69) is 16.4 Å². The summed E-state index contributed by atoms with van der Waals surface area (Å²) in [7, 11) is 0. The molecule has 0 radical (unpaired) electrons. The Morgan fingerprint density at radius 3 is 2.79 bits per heavy atom. The van der Waals surface area contributed by atoms with Crippen LogP contribution in [0.5, 0.6) is 0 Å². The van der Waals surface area contributed by atoms with Gasteiger partial charge in [0.25, 0.3) is 0 Å². The lowest BCUT2D eigenvalue weighted by Gasteiger charge is -2.22. The molecule has 5 heteroatoms. The summed E-state index contributed by atoms with van der Waals surface area (Å²) in [6, 6.07) is 2.08. The quantitative estimate of drug-likeness (QED) is 0.353. The SMILES string of the molecule is CCN(CCC#N)CC(C)C(=O)NN. The highest BCUT2D eigenvalue weighted by Gasteiger charge is 2.14. The second kappa shape index (κ2) is 7.30. The molecule has 0 spiro atoms. The number of nitriles is 1. The van der Waals surface area contributed by atoms with Crippen LogP contribution in [0.25, 0.3) is 0 Å². The number of carbonyl (C=O) groups excluding carboxylic acids is 1. The van der Waals surface area contributed by atoms with Crippen molar-refractivity contribution < 1.29 is 4.79 Å². The second-order valence-corrected chi connectivity index (χ2v) is 3.21. The molecule has 1 atom stereocenters. The zero-order chi connectivity index (χ0) is 11.0. The van der Waals surface area contributed by atoms with E-state index in [4.69, 9.17) is 11.1 Å². The van der Waals surface area contributed by atoms with Crippen molar-refractivity contribution in [3.63, 3.8) is 0 Å². The van der Waals surface area contributed by atoms with Gasteiger partial charge >= 0.3 is 0 Å². The summed E-state index contributed by atoms with van der Waals surface area (Å²) in [5.41, 5.74) is 2.12. The molecular weight excluding hydrogens is 180 g/mol. The van der Waals surface area contributed by atoms with Gasteiger partial charge in [0.15, 0.2) is 0 Å². The maximum atomic E-state index is 11.1. The minimum absolute atomic E-state index is 0.140. The summed E-state index contributed by atoms with van der Waals surface area (Å²) >= 11 is 0. The highest BCUT2D eigenvalue weighted by Crippen LogP contribution is 2.00. The van der Waals surface area contributed by atoms with Gasteiger partial charge in [-0.25, -0.2) is 5.84 Å². The molecule has 80 valence electrons. The number of nitrogens with zero attached hydrogens (tertiary/aromatic N) is 2. The van der Waals surface area contributed by atoms with Crippen LogP contribution in [0.15, 0.2) is 0 Å². The zero-order valence-corrected chi connectivity index (χ0v) is 8.79. The Morgan fingerprint density at radius 1 is 1.71 bits per heavy atom. The first-order valence-corrected chi connectivity index (χ1v) is 4.75. The molecular formula is C9H18N4O. The van der Waals surface area contributed by atoms with Gasteiger partial charge in [-0.05, 0) is 6.54 Å². The number of rotatable bonds is 6. The first-order valence-electron chi connectivity index (χ1n) is 4.75. The molecule has 0 aromatic heterocycles. The fourth-order valence-corrected chi connectivity index (χ4v) is 1.20. The normalized spacial score (nSPS) is 12.2. The number of nitrogens with two attached hydrogens (primary N) is 1. The number of hydrazine groups is 1. The van der Waals surface area contributed by atoms with Crippen LogP contribution in [0.4, 0.5) is 0 Å². The van der Waals surface area contributed by atoms with E-state index >= 15 is 0 Å². The van der Waals surface area contributed by atoms with Crippen LogP contribution in [0, 0.1) is 17.2 Å². The van der Waals surface area contributed by atoms with Crippen LogP contribution in [0.3, 0.4) is 0 Å². The van der Waals surface area contributed by atoms with Crippen molar-refractivity contribution in [1.82, 2.24) is 10.3 Å². The van der Waals surface area contributed by atoms with Crippen molar-refractivity contribution in [3.05, 3.63) is 0 Å². The molecule has 0 aliphatic heterocycles. The Bertz CT molecular complexity index is 211. The van der Waals surface area contributed by atoms with Crippen LogP contribution in [-0.2, 0) is 4.79 Å². The zero-order valence-electron chi connectivity index (χ0n) is 8.79. The molecule has 5 nitrogen and oxygen atoms in total. The van der Waals surface area contributed by atoms with Crippen molar-refractivity contribution in [2.24, 2.45) is 11.8 Å². The smallest absolute Gasteiger partial charge is 0.237 e. The molecule has 0 aromatic rings. The Labute approximate surface area is 84.8 Å². The highest BCUT2D eigenvalue weighted by atomic mass is 16.2. The van der Waals surface area contributed by atoms with Gasteiger partial charge < -0.3 is 4.90 Å². The van der Waals surface area contributed by atoms with Crippen LogP contribution >= 0.6 is 0 Å². The van der Waals surface area contributed by atoms with E-state index in [0.717, 1.165) is 6.54 Å². The van der Waals surface area contributed by atoms with Gasteiger partial charge in [-0.1, -0.05) is 13.8 Å². The molecule has 1 amide bonds. The molecule has 0 saturated carbocycles. The molecule has 0 aliphatic rings. The predicted molar refractivity (Wildman–Crippen MR) is 53.8 cm³/mol. The van der Waals surface area contributed by atoms with Crippen LogP contribution in [-0.4, -0.2) is 30.4 Å². The summed E-state index contributed by atoms with van der Waals surface area (Å²) < 4.78 is 0. The number of hydrogen-bond acceptors (Lipinski definition) is 4. The average molecular weight is 198 g/mol. The largest absolute Gasteiger partial charge is 0.302 e. The van der Waals surface area contributed by atoms with Gasteiger partial charge in [0.1, 0.15) is 0 Å². The second-order valence-electron chi connectivity index (χ2n) is 3.21. The summed E-state index contributed by atoms with van der Waals surface area (Å²) in [5.74, 6) is 4.71. The third kappa shape index (κ3) is 4.80. The number of hydrogen-bond donors (Lipinski definition) is 2.